The van der Waals surface area contributed by atoms with Crippen molar-refractivity contribution < 1.29 is 19.9 Å². The van der Waals surface area contributed by atoms with Crippen LogP contribution in [0.4, 0.5) is 5.69 Å². The summed E-state index contributed by atoms with van der Waals surface area (Å²) < 4.78 is 0. The van der Waals surface area contributed by atoms with Crippen LogP contribution in [0, 0.1) is 16.0 Å². The topological polar surface area (TPSA) is 104 Å². The van der Waals surface area contributed by atoms with E-state index in [0.717, 1.165) is 38.1 Å². The van der Waals surface area contributed by atoms with E-state index < -0.39 is 22.1 Å². The largest absolute Gasteiger partial charge is 0.504 e. The van der Waals surface area contributed by atoms with E-state index in [1.165, 1.54) is 0 Å². The van der Waals surface area contributed by atoms with E-state index in [2.05, 4.69) is 11.8 Å². The molecule has 7 nitrogen and oxygen atoms in total. The van der Waals surface area contributed by atoms with Gasteiger partial charge in [-0.15, -0.1) is 0 Å². The Morgan fingerprint density at radius 1 is 1.36 bits per heavy atom. The Hall–Kier alpha value is -2.15. The molecule has 1 heterocycles. The molecule has 0 aliphatic carbocycles. The molecule has 0 radical (unpaired) electrons. The quantitative estimate of drug-likeness (QED) is 0.374. The molecule has 120 valence electrons. The van der Waals surface area contributed by atoms with Crippen LogP contribution in [0.5, 0.6) is 11.5 Å². The molecular formula is C15H20N2O5. The Kier molecular flexibility index (Phi) is 4.97. The van der Waals surface area contributed by atoms with Gasteiger partial charge in [0.15, 0.2) is 11.5 Å². The summed E-state index contributed by atoms with van der Waals surface area (Å²) in [4.78, 5) is 24.3. The third-order valence-electron chi connectivity index (χ3n) is 4.12. The van der Waals surface area contributed by atoms with Gasteiger partial charge >= 0.3 is 5.69 Å². The van der Waals surface area contributed by atoms with Crippen molar-refractivity contribution in [3.05, 3.63) is 27.8 Å². The molecular weight excluding hydrogens is 288 g/mol. The molecule has 1 saturated heterocycles. The van der Waals surface area contributed by atoms with Crippen molar-refractivity contribution in [2.75, 3.05) is 19.6 Å². The first kappa shape index (κ1) is 16.2. The fraction of sp³-hybridized carbons (Fsp3) is 0.533. The highest BCUT2D eigenvalue weighted by molar-refractivity contribution is 5.97. The second-order valence-corrected chi connectivity index (χ2v) is 5.82. The summed E-state index contributed by atoms with van der Waals surface area (Å²) in [7, 11) is 0. The number of rotatable bonds is 5. The maximum absolute atomic E-state index is 12.1. The molecule has 0 amide bonds. The number of piperidine rings is 1. The van der Waals surface area contributed by atoms with Crippen LogP contribution >= 0.6 is 0 Å². The van der Waals surface area contributed by atoms with E-state index in [9.17, 15) is 25.1 Å². The molecule has 22 heavy (non-hydrogen) atoms. The zero-order valence-corrected chi connectivity index (χ0v) is 12.5. The normalized spacial score (nSPS) is 16.6. The first-order chi connectivity index (χ1) is 10.4. The van der Waals surface area contributed by atoms with Gasteiger partial charge in [-0.25, -0.2) is 0 Å². The Morgan fingerprint density at radius 3 is 2.59 bits per heavy atom. The number of carbonyl (C=O) groups excluding carboxylic acids is 1. The Bertz CT molecular complexity index is 580. The van der Waals surface area contributed by atoms with Gasteiger partial charge in [0.1, 0.15) is 0 Å². The molecule has 0 aromatic heterocycles. The van der Waals surface area contributed by atoms with Crippen LogP contribution in [-0.2, 0) is 0 Å². The van der Waals surface area contributed by atoms with E-state index in [4.69, 9.17) is 0 Å². The van der Waals surface area contributed by atoms with Gasteiger partial charge in [-0.2, -0.15) is 0 Å². The van der Waals surface area contributed by atoms with Gasteiger partial charge in [-0.05, 0) is 37.9 Å². The summed E-state index contributed by atoms with van der Waals surface area (Å²) >= 11 is 0. The van der Waals surface area contributed by atoms with E-state index in [1.54, 1.807) is 0 Å². The lowest BCUT2D eigenvalue weighted by Gasteiger charge is -2.29. The average Bonchev–Trinajstić information content (AvgIpc) is 2.48. The minimum absolute atomic E-state index is 0.0485. The highest BCUT2D eigenvalue weighted by Crippen LogP contribution is 2.36. The second kappa shape index (κ2) is 6.74. The highest BCUT2D eigenvalue weighted by atomic mass is 16.6. The van der Waals surface area contributed by atoms with Gasteiger partial charge in [0.25, 0.3) is 0 Å². The zero-order valence-electron chi connectivity index (χ0n) is 12.5. The number of aromatic hydroxyl groups is 2. The maximum atomic E-state index is 12.1. The zero-order chi connectivity index (χ0) is 16.3. The smallest absolute Gasteiger partial charge is 0.315 e. The van der Waals surface area contributed by atoms with Crippen molar-refractivity contribution in [2.24, 2.45) is 5.92 Å². The van der Waals surface area contributed by atoms with E-state index >= 15 is 0 Å². The van der Waals surface area contributed by atoms with Crippen molar-refractivity contribution >= 4 is 11.5 Å². The summed E-state index contributed by atoms with van der Waals surface area (Å²) in [6.07, 6.45) is 2.45. The van der Waals surface area contributed by atoms with Crippen LogP contribution in [0.1, 0.15) is 36.5 Å². The van der Waals surface area contributed by atoms with Crippen molar-refractivity contribution in [3.63, 3.8) is 0 Å². The third kappa shape index (κ3) is 3.73. The molecule has 1 aromatic carbocycles. The predicted octanol–water partition coefficient (Wildman–Crippen LogP) is 2.31. The second-order valence-electron chi connectivity index (χ2n) is 5.82. The van der Waals surface area contributed by atoms with Crippen LogP contribution in [0.3, 0.4) is 0 Å². The summed E-state index contributed by atoms with van der Waals surface area (Å²) in [5, 5.41) is 29.7. The standard InChI is InChI=1S/C15H20N2O5/c1-10-2-5-16(6-3-10)7-4-13(18)11-8-12(17(21)22)15(20)14(19)9-11/h8-10,19-20H,2-7H2,1H3. The molecule has 0 saturated carbocycles. The number of phenolic OH excluding ortho intramolecular Hbond substituents is 2. The number of benzene rings is 1. The molecule has 0 bridgehead atoms. The van der Waals surface area contributed by atoms with E-state index in [0.29, 0.717) is 12.5 Å². The number of nitrogens with zero attached hydrogens (tertiary/aromatic N) is 2. The van der Waals surface area contributed by atoms with Crippen LogP contribution in [-0.4, -0.2) is 45.5 Å². The SMILES string of the molecule is CC1CCN(CCC(=O)c2cc(O)c(O)c([N+](=O)[O-])c2)CC1. The van der Waals surface area contributed by atoms with Crippen molar-refractivity contribution in [3.8, 4) is 11.5 Å². The molecule has 2 rings (SSSR count). The van der Waals surface area contributed by atoms with Crippen molar-refractivity contribution in [1.82, 2.24) is 4.90 Å². The third-order valence-corrected chi connectivity index (χ3v) is 4.12. The van der Waals surface area contributed by atoms with Gasteiger partial charge in [-0.1, -0.05) is 6.92 Å². The first-order valence-corrected chi connectivity index (χ1v) is 7.34. The fourth-order valence-corrected chi connectivity index (χ4v) is 2.59. The Balaban J connectivity index is 2.02. The molecule has 0 spiro atoms. The molecule has 0 unspecified atom stereocenters. The van der Waals surface area contributed by atoms with Crippen molar-refractivity contribution in [2.45, 2.75) is 26.2 Å². The van der Waals surface area contributed by atoms with Crippen LogP contribution < -0.4 is 0 Å². The molecule has 0 atom stereocenters. The Morgan fingerprint density at radius 2 is 2.00 bits per heavy atom. The molecule has 1 aliphatic rings. The van der Waals surface area contributed by atoms with Crippen molar-refractivity contribution in [1.29, 1.82) is 0 Å². The highest BCUT2D eigenvalue weighted by Gasteiger charge is 2.22. The molecule has 1 fully saturated rings. The number of nitro groups is 1. The number of hydrogen-bond acceptors (Lipinski definition) is 6. The van der Waals surface area contributed by atoms with Gasteiger partial charge < -0.3 is 15.1 Å². The molecule has 1 aliphatic heterocycles. The minimum atomic E-state index is -0.822. The van der Waals surface area contributed by atoms with Gasteiger partial charge in [-0.3, -0.25) is 14.9 Å². The summed E-state index contributed by atoms with van der Waals surface area (Å²) in [6.45, 7) is 4.71. The number of nitro benzene ring substituents is 1. The van der Waals surface area contributed by atoms with Gasteiger partial charge in [0, 0.05) is 24.6 Å². The van der Waals surface area contributed by atoms with Crippen LogP contribution in [0.15, 0.2) is 12.1 Å². The number of Topliss-reactive ketones (excluding diaryl/α,β-unsaturated/α-hetero) is 1. The van der Waals surface area contributed by atoms with E-state index in [1.807, 2.05) is 0 Å². The Labute approximate surface area is 128 Å². The maximum Gasteiger partial charge on any atom is 0.315 e. The van der Waals surface area contributed by atoms with Gasteiger partial charge in [0.2, 0.25) is 5.75 Å². The van der Waals surface area contributed by atoms with Gasteiger partial charge in [0.05, 0.1) is 4.92 Å². The molecule has 7 heteroatoms. The molecule has 1 aromatic rings. The number of ketones is 1. The number of phenols is 2. The first-order valence-electron chi connectivity index (χ1n) is 7.34. The summed E-state index contributed by atoms with van der Waals surface area (Å²) in [5.74, 6) is -1.03. The predicted molar refractivity (Wildman–Crippen MR) is 80.2 cm³/mol. The summed E-state index contributed by atoms with van der Waals surface area (Å²) in [5.41, 5.74) is -0.609. The lowest BCUT2D eigenvalue weighted by atomic mass is 9.98. The fourth-order valence-electron chi connectivity index (χ4n) is 2.59. The summed E-state index contributed by atoms with van der Waals surface area (Å²) in [6, 6.07) is 2.08. The number of likely N-dealkylation sites (tertiary alicyclic amines) is 1. The van der Waals surface area contributed by atoms with Crippen LogP contribution in [0.2, 0.25) is 0 Å². The molecule has 2 N–H and O–H groups in total. The average molecular weight is 308 g/mol. The minimum Gasteiger partial charge on any atom is -0.504 e. The van der Waals surface area contributed by atoms with E-state index in [-0.39, 0.29) is 17.8 Å². The monoisotopic (exact) mass is 308 g/mol. The van der Waals surface area contributed by atoms with Crippen LogP contribution in [0.25, 0.3) is 0 Å². The lowest BCUT2D eigenvalue weighted by molar-refractivity contribution is -0.386. The number of carbonyl (C=O) groups is 1. The number of hydrogen-bond donors (Lipinski definition) is 2. The lowest BCUT2D eigenvalue weighted by Crippen LogP contribution is -2.34.